The lowest BCUT2D eigenvalue weighted by atomic mass is 10.2. The van der Waals surface area contributed by atoms with Gasteiger partial charge in [-0.1, -0.05) is 15.9 Å². The number of hydrogen-bond acceptors (Lipinski definition) is 4. The number of carboxylic acid groups (broad SMARTS) is 1. The number of sulfonamides is 1. The molecule has 1 N–H and O–H groups in total. The van der Waals surface area contributed by atoms with Crippen LogP contribution in [0.5, 0.6) is 5.75 Å². The molecule has 0 amide bonds. The van der Waals surface area contributed by atoms with Crippen molar-refractivity contribution in [2.75, 3.05) is 18.0 Å². The van der Waals surface area contributed by atoms with Crippen molar-refractivity contribution in [2.45, 2.75) is 11.8 Å². The Hall–Kier alpha value is -2.06. The molecular formula is C16H16BrNO5S. The highest BCUT2D eigenvalue weighted by molar-refractivity contribution is 9.10. The van der Waals surface area contributed by atoms with Crippen LogP contribution in [0.25, 0.3) is 0 Å². The number of anilines is 1. The lowest BCUT2D eigenvalue weighted by Gasteiger charge is -2.23. The van der Waals surface area contributed by atoms with Crippen LogP contribution in [-0.2, 0) is 14.8 Å². The van der Waals surface area contributed by atoms with Crippen molar-refractivity contribution >= 4 is 37.6 Å². The van der Waals surface area contributed by atoms with Gasteiger partial charge in [-0.3, -0.25) is 9.10 Å². The Morgan fingerprint density at radius 3 is 2.33 bits per heavy atom. The van der Waals surface area contributed by atoms with Gasteiger partial charge < -0.3 is 9.84 Å². The standard InChI is InChI=1S/C16H16BrNO5S/c1-11-9-14(7-8-15(11)23-2)24(21,22)18(10-16(19)20)13-5-3-12(17)4-6-13/h3-9H,10H2,1-2H3,(H,19,20). The fourth-order valence-corrected chi connectivity index (χ4v) is 3.95. The van der Waals surface area contributed by atoms with Crippen LogP contribution < -0.4 is 9.04 Å². The minimum atomic E-state index is -4.03. The Labute approximate surface area is 148 Å². The highest BCUT2D eigenvalue weighted by Gasteiger charge is 2.27. The summed E-state index contributed by atoms with van der Waals surface area (Å²) in [6.45, 7) is 1.05. The van der Waals surface area contributed by atoms with Gasteiger partial charge in [0.05, 0.1) is 17.7 Å². The molecule has 128 valence electrons. The Balaban J connectivity index is 2.53. The van der Waals surface area contributed by atoms with Crippen LogP contribution in [0.15, 0.2) is 51.8 Å². The summed E-state index contributed by atoms with van der Waals surface area (Å²) in [5.41, 5.74) is 0.915. The summed E-state index contributed by atoms with van der Waals surface area (Å²) in [5, 5.41) is 9.11. The van der Waals surface area contributed by atoms with E-state index in [0.29, 0.717) is 11.3 Å². The highest BCUT2D eigenvalue weighted by atomic mass is 79.9. The van der Waals surface area contributed by atoms with E-state index in [2.05, 4.69) is 15.9 Å². The molecule has 0 saturated heterocycles. The molecule has 0 bridgehead atoms. The highest BCUT2D eigenvalue weighted by Crippen LogP contribution is 2.28. The van der Waals surface area contributed by atoms with Crippen molar-refractivity contribution < 1.29 is 23.1 Å². The van der Waals surface area contributed by atoms with Gasteiger partial charge in [0.15, 0.2) is 0 Å². The molecule has 2 aromatic rings. The van der Waals surface area contributed by atoms with Crippen molar-refractivity contribution in [2.24, 2.45) is 0 Å². The second kappa shape index (κ2) is 7.23. The maximum Gasteiger partial charge on any atom is 0.324 e. The molecule has 0 heterocycles. The summed E-state index contributed by atoms with van der Waals surface area (Å²) in [6, 6.07) is 10.8. The quantitative estimate of drug-likeness (QED) is 0.786. The molecule has 0 spiro atoms. The molecule has 0 aromatic heterocycles. The smallest absolute Gasteiger partial charge is 0.324 e. The predicted octanol–water partition coefficient (Wildman–Crippen LogP) is 3.05. The molecule has 0 aliphatic rings. The zero-order valence-electron chi connectivity index (χ0n) is 13.1. The molecule has 2 aromatic carbocycles. The van der Waals surface area contributed by atoms with Crippen LogP contribution in [0, 0.1) is 6.92 Å². The van der Waals surface area contributed by atoms with Crippen LogP contribution in [0.2, 0.25) is 0 Å². The van der Waals surface area contributed by atoms with Crippen LogP contribution in [0.3, 0.4) is 0 Å². The monoisotopic (exact) mass is 413 g/mol. The zero-order chi connectivity index (χ0) is 17.9. The van der Waals surface area contributed by atoms with Gasteiger partial charge in [0, 0.05) is 4.47 Å². The van der Waals surface area contributed by atoms with E-state index in [1.807, 2.05) is 0 Å². The molecule has 0 atom stereocenters. The second-order valence-corrected chi connectivity index (χ2v) is 7.79. The van der Waals surface area contributed by atoms with Gasteiger partial charge in [-0.25, -0.2) is 8.42 Å². The summed E-state index contributed by atoms with van der Waals surface area (Å²) < 4.78 is 32.6. The third-order valence-corrected chi connectivity index (χ3v) is 5.65. The average molecular weight is 414 g/mol. The van der Waals surface area contributed by atoms with E-state index in [4.69, 9.17) is 9.84 Å². The van der Waals surface area contributed by atoms with Gasteiger partial charge in [-0.05, 0) is 55.0 Å². The zero-order valence-corrected chi connectivity index (χ0v) is 15.5. The van der Waals surface area contributed by atoms with E-state index in [1.165, 1.54) is 19.2 Å². The largest absolute Gasteiger partial charge is 0.496 e. The van der Waals surface area contributed by atoms with Gasteiger partial charge in [0.25, 0.3) is 10.0 Å². The Morgan fingerprint density at radius 2 is 1.83 bits per heavy atom. The van der Waals surface area contributed by atoms with Crippen molar-refractivity contribution in [3.8, 4) is 5.75 Å². The van der Waals surface area contributed by atoms with Crippen molar-refractivity contribution in [3.05, 3.63) is 52.5 Å². The lowest BCUT2D eigenvalue weighted by molar-refractivity contribution is -0.135. The van der Waals surface area contributed by atoms with Gasteiger partial charge in [-0.2, -0.15) is 0 Å². The van der Waals surface area contributed by atoms with E-state index in [1.54, 1.807) is 37.3 Å². The maximum atomic E-state index is 12.9. The maximum absolute atomic E-state index is 12.9. The fraction of sp³-hybridized carbons (Fsp3) is 0.188. The van der Waals surface area contributed by atoms with Gasteiger partial charge in [0.1, 0.15) is 12.3 Å². The van der Waals surface area contributed by atoms with Gasteiger partial charge >= 0.3 is 5.97 Å². The van der Waals surface area contributed by atoms with Crippen LogP contribution >= 0.6 is 15.9 Å². The van der Waals surface area contributed by atoms with Crippen LogP contribution in [-0.4, -0.2) is 33.1 Å². The van der Waals surface area contributed by atoms with Crippen molar-refractivity contribution in [1.29, 1.82) is 0 Å². The molecule has 0 aliphatic heterocycles. The number of hydrogen-bond donors (Lipinski definition) is 1. The number of aliphatic carboxylic acids is 1. The third-order valence-electron chi connectivity index (χ3n) is 3.35. The minimum Gasteiger partial charge on any atom is -0.496 e. The normalized spacial score (nSPS) is 11.1. The molecule has 0 fully saturated rings. The number of carbonyl (C=O) groups is 1. The number of rotatable bonds is 6. The van der Waals surface area contributed by atoms with Crippen LogP contribution in [0.1, 0.15) is 5.56 Å². The molecule has 2 rings (SSSR count). The SMILES string of the molecule is COc1ccc(S(=O)(=O)N(CC(=O)O)c2ccc(Br)cc2)cc1C. The van der Waals surface area contributed by atoms with Gasteiger partial charge in [-0.15, -0.1) is 0 Å². The molecule has 6 nitrogen and oxygen atoms in total. The van der Waals surface area contributed by atoms with E-state index in [9.17, 15) is 13.2 Å². The lowest BCUT2D eigenvalue weighted by Crippen LogP contribution is -2.35. The number of ether oxygens (including phenoxy) is 1. The Morgan fingerprint density at radius 1 is 1.21 bits per heavy atom. The number of nitrogens with zero attached hydrogens (tertiary/aromatic N) is 1. The van der Waals surface area contributed by atoms with E-state index >= 15 is 0 Å². The summed E-state index contributed by atoms with van der Waals surface area (Å²) in [7, 11) is -2.53. The summed E-state index contributed by atoms with van der Waals surface area (Å²) in [5.74, 6) is -0.686. The fourth-order valence-electron chi connectivity index (χ4n) is 2.18. The number of methoxy groups -OCH3 is 1. The molecule has 0 aliphatic carbocycles. The summed E-state index contributed by atoms with van der Waals surface area (Å²) in [4.78, 5) is 11.2. The van der Waals surface area contributed by atoms with E-state index in [-0.39, 0.29) is 10.6 Å². The van der Waals surface area contributed by atoms with Crippen molar-refractivity contribution in [3.63, 3.8) is 0 Å². The predicted molar refractivity (Wildman–Crippen MR) is 94.0 cm³/mol. The first-order valence-electron chi connectivity index (χ1n) is 6.90. The number of carboxylic acids is 1. The van der Waals surface area contributed by atoms with E-state index in [0.717, 1.165) is 8.78 Å². The van der Waals surface area contributed by atoms with E-state index < -0.39 is 22.5 Å². The molecule has 24 heavy (non-hydrogen) atoms. The second-order valence-electron chi connectivity index (χ2n) is 5.01. The van der Waals surface area contributed by atoms with Gasteiger partial charge in [0.2, 0.25) is 0 Å². The summed E-state index contributed by atoms with van der Waals surface area (Å²) in [6.07, 6.45) is 0. The Kier molecular flexibility index (Phi) is 5.51. The first-order chi connectivity index (χ1) is 11.3. The first kappa shape index (κ1) is 18.3. The molecular weight excluding hydrogens is 398 g/mol. The average Bonchev–Trinajstić information content (AvgIpc) is 2.53. The molecule has 0 radical (unpaired) electrons. The summed E-state index contributed by atoms with van der Waals surface area (Å²) >= 11 is 3.27. The molecule has 0 saturated carbocycles. The van der Waals surface area contributed by atoms with Crippen LogP contribution in [0.4, 0.5) is 5.69 Å². The topological polar surface area (TPSA) is 83.9 Å². The number of benzene rings is 2. The third kappa shape index (κ3) is 3.88. The molecule has 8 heteroatoms. The minimum absolute atomic E-state index is 0.00460. The molecule has 0 unspecified atom stereocenters. The number of aryl methyl sites for hydroxylation is 1. The first-order valence-corrected chi connectivity index (χ1v) is 9.13. The van der Waals surface area contributed by atoms with Crippen molar-refractivity contribution in [1.82, 2.24) is 0 Å². The Bertz CT molecular complexity index is 849. The number of halogens is 1.